The van der Waals surface area contributed by atoms with Gasteiger partial charge in [0.15, 0.2) is 9.84 Å². The second-order valence-corrected chi connectivity index (χ2v) is 7.37. The lowest BCUT2D eigenvalue weighted by Crippen LogP contribution is -2.33. The minimum atomic E-state index is -3.43. The van der Waals surface area contributed by atoms with Gasteiger partial charge in [0.25, 0.3) is 5.91 Å². The van der Waals surface area contributed by atoms with E-state index < -0.39 is 9.84 Å². The Morgan fingerprint density at radius 3 is 2.22 bits per heavy atom. The number of carbonyl (C=O) groups is 1. The van der Waals surface area contributed by atoms with E-state index in [0.29, 0.717) is 13.1 Å². The Balaban J connectivity index is 2.21. The number of hydrogen-bond acceptors (Lipinski definition) is 3. The van der Waals surface area contributed by atoms with Crippen molar-refractivity contribution in [3.05, 3.63) is 65.7 Å². The lowest BCUT2D eigenvalue weighted by molar-refractivity contribution is 0.0762. The number of nitrogens with zero attached hydrogens (tertiary/aromatic N) is 1. The lowest BCUT2D eigenvalue weighted by atomic mass is 10.1. The maximum absolute atomic E-state index is 12.7. The van der Waals surface area contributed by atoms with Crippen LogP contribution in [0.1, 0.15) is 22.8 Å². The van der Waals surface area contributed by atoms with Gasteiger partial charge >= 0.3 is 0 Å². The Kier molecular flexibility index (Phi) is 5.55. The zero-order chi connectivity index (χ0) is 16.9. The topological polar surface area (TPSA) is 54.5 Å². The highest BCUT2D eigenvalue weighted by Crippen LogP contribution is 2.17. The summed E-state index contributed by atoms with van der Waals surface area (Å²) in [4.78, 5) is 14.5. The molecule has 0 aliphatic carbocycles. The number of sulfone groups is 1. The minimum absolute atomic E-state index is 0.0863. The normalized spacial score (nSPS) is 11.2. The molecule has 2 aromatic rings. The summed E-state index contributed by atoms with van der Waals surface area (Å²) in [6.45, 7) is 2.98. The van der Waals surface area contributed by atoms with Crippen molar-refractivity contribution in [1.29, 1.82) is 0 Å². The van der Waals surface area contributed by atoms with Crippen molar-refractivity contribution < 1.29 is 13.2 Å². The molecule has 0 unspecified atom stereocenters. The molecule has 122 valence electrons. The molecule has 4 nitrogen and oxygen atoms in total. The Morgan fingerprint density at radius 2 is 1.61 bits per heavy atom. The molecule has 0 radical (unpaired) electrons. The number of benzene rings is 2. The van der Waals surface area contributed by atoms with Crippen LogP contribution in [-0.2, 0) is 16.3 Å². The number of amides is 1. The first-order valence-electron chi connectivity index (χ1n) is 7.55. The molecule has 0 heterocycles. The summed E-state index contributed by atoms with van der Waals surface area (Å²) >= 11 is 0. The summed E-state index contributed by atoms with van der Waals surface area (Å²) in [5.74, 6) is -0.246. The lowest BCUT2D eigenvalue weighted by Gasteiger charge is -2.22. The largest absolute Gasteiger partial charge is 0.339 e. The van der Waals surface area contributed by atoms with Gasteiger partial charge in [0, 0.05) is 19.3 Å². The first-order chi connectivity index (χ1) is 10.9. The van der Waals surface area contributed by atoms with Crippen LogP contribution in [0.3, 0.4) is 0 Å². The summed E-state index contributed by atoms with van der Waals surface area (Å²) in [5.41, 5.74) is 1.39. The molecule has 0 fully saturated rings. The third kappa shape index (κ3) is 4.42. The van der Waals surface area contributed by atoms with Crippen molar-refractivity contribution in [1.82, 2.24) is 4.90 Å². The third-order valence-electron chi connectivity index (χ3n) is 3.70. The smallest absolute Gasteiger partial charge is 0.255 e. The molecule has 0 atom stereocenters. The van der Waals surface area contributed by atoms with E-state index in [4.69, 9.17) is 0 Å². The molecule has 0 aromatic heterocycles. The van der Waals surface area contributed by atoms with Crippen molar-refractivity contribution in [2.24, 2.45) is 0 Å². The van der Waals surface area contributed by atoms with Gasteiger partial charge in [-0.05, 0) is 31.0 Å². The van der Waals surface area contributed by atoms with Gasteiger partial charge in [-0.25, -0.2) is 8.42 Å². The van der Waals surface area contributed by atoms with Crippen molar-refractivity contribution in [2.75, 3.05) is 19.3 Å². The number of rotatable bonds is 6. The van der Waals surface area contributed by atoms with Crippen LogP contribution >= 0.6 is 0 Å². The molecule has 2 rings (SSSR count). The summed E-state index contributed by atoms with van der Waals surface area (Å²) in [6.07, 6.45) is 1.86. The van der Waals surface area contributed by atoms with E-state index in [1.807, 2.05) is 37.3 Å². The first-order valence-corrected chi connectivity index (χ1v) is 9.45. The Labute approximate surface area is 137 Å². The van der Waals surface area contributed by atoms with Crippen molar-refractivity contribution in [3.63, 3.8) is 0 Å². The third-order valence-corrected chi connectivity index (χ3v) is 4.85. The first kappa shape index (κ1) is 17.2. The quantitative estimate of drug-likeness (QED) is 0.818. The zero-order valence-corrected chi connectivity index (χ0v) is 14.2. The van der Waals surface area contributed by atoms with Crippen LogP contribution in [0.15, 0.2) is 59.5 Å². The average molecular weight is 331 g/mol. The molecule has 1 amide bonds. The van der Waals surface area contributed by atoms with Crippen LogP contribution in [0.2, 0.25) is 0 Å². The van der Waals surface area contributed by atoms with Gasteiger partial charge in [0.1, 0.15) is 0 Å². The highest BCUT2D eigenvalue weighted by Gasteiger charge is 2.21. The molecule has 2 aromatic carbocycles. The summed E-state index contributed by atoms with van der Waals surface area (Å²) in [5, 5.41) is 0. The predicted molar refractivity (Wildman–Crippen MR) is 91.3 cm³/mol. The van der Waals surface area contributed by atoms with Crippen LogP contribution in [0.5, 0.6) is 0 Å². The van der Waals surface area contributed by atoms with Crippen molar-refractivity contribution in [2.45, 2.75) is 18.2 Å². The Bertz CT molecular complexity index is 770. The number of hydrogen-bond donors (Lipinski definition) is 0. The second kappa shape index (κ2) is 7.42. The summed E-state index contributed by atoms with van der Waals surface area (Å²) < 4.78 is 23.8. The van der Waals surface area contributed by atoms with E-state index in [0.717, 1.165) is 18.2 Å². The molecule has 0 bridgehead atoms. The maximum Gasteiger partial charge on any atom is 0.255 e. The van der Waals surface area contributed by atoms with E-state index in [-0.39, 0.29) is 16.4 Å². The molecule has 23 heavy (non-hydrogen) atoms. The van der Waals surface area contributed by atoms with Gasteiger partial charge in [0.2, 0.25) is 0 Å². The van der Waals surface area contributed by atoms with Gasteiger partial charge in [-0.15, -0.1) is 0 Å². The second-order valence-electron chi connectivity index (χ2n) is 5.39. The summed E-state index contributed by atoms with van der Waals surface area (Å²) in [6, 6.07) is 16.3. The number of carbonyl (C=O) groups excluding carboxylic acids is 1. The summed E-state index contributed by atoms with van der Waals surface area (Å²) in [7, 11) is -3.43. The average Bonchev–Trinajstić information content (AvgIpc) is 2.55. The Hall–Kier alpha value is -2.14. The SMILES string of the molecule is CCN(CCc1ccccc1)C(=O)c1ccccc1S(C)(=O)=O. The van der Waals surface area contributed by atoms with Gasteiger partial charge < -0.3 is 4.90 Å². The van der Waals surface area contributed by atoms with Crippen LogP contribution in [0.4, 0.5) is 0 Å². The molecule has 5 heteroatoms. The molecular formula is C18H21NO3S. The van der Waals surface area contributed by atoms with Crippen molar-refractivity contribution >= 4 is 15.7 Å². The molecule has 0 saturated heterocycles. The predicted octanol–water partition coefficient (Wildman–Crippen LogP) is 2.79. The van der Waals surface area contributed by atoms with Crippen molar-refractivity contribution in [3.8, 4) is 0 Å². The fraction of sp³-hybridized carbons (Fsp3) is 0.278. The van der Waals surface area contributed by atoms with Gasteiger partial charge in [-0.3, -0.25) is 4.79 Å². The molecule has 0 spiro atoms. The minimum Gasteiger partial charge on any atom is -0.339 e. The van der Waals surface area contributed by atoms with E-state index in [1.54, 1.807) is 23.1 Å². The van der Waals surface area contributed by atoms with E-state index in [2.05, 4.69) is 0 Å². The van der Waals surface area contributed by atoms with Gasteiger partial charge in [-0.2, -0.15) is 0 Å². The standard InChI is InChI=1S/C18H21NO3S/c1-3-19(14-13-15-9-5-4-6-10-15)18(20)16-11-7-8-12-17(16)23(2,21)22/h4-12H,3,13-14H2,1-2H3. The van der Waals surface area contributed by atoms with E-state index >= 15 is 0 Å². The molecule has 0 aliphatic heterocycles. The maximum atomic E-state index is 12.7. The molecule has 0 aliphatic rings. The zero-order valence-electron chi connectivity index (χ0n) is 13.4. The highest BCUT2D eigenvalue weighted by atomic mass is 32.2. The monoisotopic (exact) mass is 331 g/mol. The molecule has 0 saturated carbocycles. The Morgan fingerprint density at radius 1 is 1.00 bits per heavy atom. The molecular weight excluding hydrogens is 310 g/mol. The van der Waals surface area contributed by atoms with E-state index in [9.17, 15) is 13.2 Å². The van der Waals surface area contributed by atoms with Crippen LogP contribution in [0.25, 0.3) is 0 Å². The molecule has 0 N–H and O–H groups in total. The van der Waals surface area contributed by atoms with Crippen LogP contribution in [-0.4, -0.2) is 38.6 Å². The van der Waals surface area contributed by atoms with Crippen LogP contribution < -0.4 is 0 Å². The highest BCUT2D eigenvalue weighted by molar-refractivity contribution is 7.90. The fourth-order valence-corrected chi connectivity index (χ4v) is 3.33. The van der Waals surface area contributed by atoms with Crippen LogP contribution in [0, 0.1) is 0 Å². The van der Waals surface area contributed by atoms with Gasteiger partial charge in [-0.1, -0.05) is 42.5 Å². The van der Waals surface area contributed by atoms with E-state index in [1.165, 1.54) is 6.07 Å². The fourth-order valence-electron chi connectivity index (χ4n) is 2.45. The number of likely N-dealkylation sites (N-methyl/N-ethyl adjacent to an activating group) is 1. The van der Waals surface area contributed by atoms with Gasteiger partial charge in [0.05, 0.1) is 10.5 Å².